The van der Waals surface area contributed by atoms with Crippen molar-refractivity contribution < 1.29 is 30.8 Å². The van der Waals surface area contributed by atoms with E-state index in [9.17, 15) is 21.6 Å². The Morgan fingerprint density at radius 1 is 1.03 bits per heavy atom. The SMILES string of the molecule is O=C(Nc1ccc(S(=O)(=O)NC2CCS(=O)(=O)C2)cc1)c1ccc(COc2ccccc2)o1. The van der Waals surface area contributed by atoms with E-state index in [1.54, 1.807) is 6.07 Å². The predicted octanol–water partition coefficient (Wildman–Crippen LogP) is 2.58. The number of ether oxygens (including phenoxy) is 1. The van der Waals surface area contributed by atoms with Crippen molar-refractivity contribution in [2.75, 3.05) is 16.8 Å². The number of sulfonamides is 1. The Labute approximate surface area is 191 Å². The highest BCUT2D eigenvalue weighted by Gasteiger charge is 2.31. The van der Waals surface area contributed by atoms with Crippen LogP contribution in [0, 0.1) is 0 Å². The zero-order valence-corrected chi connectivity index (χ0v) is 19.1. The molecule has 0 bridgehead atoms. The van der Waals surface area contributed by atoms with Gasteiger partial charge in [-0.1, -0.05) is 18.2 Å². The fourth-order valence-corrected chi connectivity index (χ4v) is 6.38. The first-order chi connectivity index (χ1) is 15.7. The lowest BCUT2D eigenvalue weighted by Crippen LogP contribution is -2.35. The van der Waals surface area contributed by atoms with Crippen molar-refractivity contribution in [3.8, 4) is 5.75 Å². The van der Waals surface area contributed by atoms with Crippen LogP contribution in [-0.4, -0.2) is 40.3 Å². The molecular formula is C22H22N2O7S2. The summed E-state index contributed by atoms with van der Waals surface area (Å²) in [6, 6.07) is 17.3. The van der Waals surface area contributed by atoms with Gasteiger partial charge in [-0.05, 0) is 55.0 Å². The molecule has 1 fully saturated rings. The molecule has 1 aromatic heterocycles. The van der Waals surface area contributed by atoms with Crippen LogP contribution < -0.4 is 14.8 Å². The number of hydrogen-bond acceptors (Lipinski definition) is 7. The second-order valence-electron chi connectivity index (χ2n) is 7.57. The van der Waals surface area contributed by atoms with Gasteiger partial charge in [-0.2, -0.15) is 0 Å². The Morgan fingerprint density at radius 2 is 1.76 bits per heavy atom. The van der Waals surface area contributed by atoms with Gasteiger partial charge in [0.15, 0.2) is 15.6 Å². The highest BCUT2D eigenvalue weighted by Crippen LogP contribution is 2.19. The second kappa shape index (κ2) is 9.38. The van der Waals surface area contributed by atoms with Gasteiger partial charge >= 0.3 is 0 Å². The topological polar surface area (TPSA) is 132 Å². The quantitative estimate of drug-likeness (QED) is 0.496. The summed E-state index contributed by atoms with van der Waals surface area (Å²) in [5.74, 6) is 0.512. The van der Waals surface area contributed by atoms with Crippen molar-refractivity contribution in [1.82, 2.24) is 4.72 Å². The molecule has 4 rings (SSSR count). The minimum Gasteiger partial charge on any atom is -0.486 e. The molecule has 2 aromatic carbocycles. The number of carbonyl (C=O) groups excluding carboxylic acids is 1. The number of anilines is 1. The Balaban J connectivity index is 1.34. The standard InChI is InChI=1S/C22H22N2O7S2/c25-22(21-11-8-19(31-21)14-30-18-4-2-1-3-5-18)23-16-6-9-20(10-7-16)33(28,29)24-17-12-13-32(26,27)15-17/h1-11,17,24H,12-15H2,(H,23,25). The van der Waals surface area contributed by atoms with Crippen LogP contribution in [0.4, 0.5) is 5.69 Å². The molecule has 0 spiro atoms. The zero-order chi connectivity index (χ0) is 23.5. The van der Waals surface area contributed by atoms with Crippen molar-refractivity contribution in [1.29, 1.82) is 0 Å². The summed E-state index contributed by atoms with van der Waals surface area (Å²) in [7, 11) is -7.08. The molecule has 11 heteroatoms. The van der Waals surface area contributed by atoms with Crippen LogP contribution >= 0.6 is 0 Å². The summed E-state index contributed by atoms with van der Waals surface area (Å²) in [5, 5.41) is 2.64. The first kappa shape index (κ1) is 23.0. The summed E-state index contributed by atoms with van der Waals surface area (Å²) in [5.41, 5.74) is 0.376. The summed E-state index contributed by atoms with van der Waals surface area (Å²) in [6.07, 6.45) is 0.247. The van der Waals surface area contributed by atoms with E-state index in [4.69, 9.17) is 9.15 Å². The average Bonchev–Trinajstić information content (AvgIpc) is 3.39. The van der Waals surface area contributed by atoms with Crippen LogP contribution in [0.2, 0.25) is 0 Å². The van der Waals surface area contributed by atoms with Gasteiger partial charge in [0, 0.05) is 11.7 Å². The Kier molecular flexibility index (Phi) is 6.54. The third-order valence-corrected chi connectivity index (χ3v) is 8.29. The van der Waals surface area contributed by atoms with Crippen LogP contribution in [0.5, 0.6) is 5.75 Å². The maximum Gasteiger partial charge on any atom is 0.291 e. The summed E-state index contributed by atoms with van der Waals surface area (Å²) < 4.78 is 61.6. The van der Waals surface area contributed by atoms with Crippen LogP contribution in [0.15, 0.2) is 76.0 Å². The molecule has 1 aliphatic rings. The van der Waals surface area contributed by atoms with Gasteiger partial charge in [0.05, 0.1) is 16.4 Å². The van der Waals surface area contributed by atoms with Crippen LogP contribution in [-0.2, 0) is 26.5 Å². The molecule has 2 heterocycles. The van der Waals surface area contributed by atoms with Gasteiger partial charge in [0.1, 0.15) is 18.1 Å². The van der Waals surface area contributed by atoms with Crippen molar-refractivity contribution in [2.45, 2.75) is 24.0 Å². The molecule has 3 aromatic rings. The number of sulfone groups is 1. The first-order valence-electron chi connectivity index (χ1n) is 10.1. The van der Waals surface area contributed by atoms with E-state index in [0.29, 0.717) is 17.2 Å². The Hall–Kier alpha value is -3.15. The monoisotopic (exact) mass is 490 g/mol. The van der Waals surface area contributed by atoms with Crippen molar-refractivity contribution in [3.05, 3.63) is 78.3 Å². The third kappa shape index (κ3) is 6.01. The Bertz CT molecular complexity index is 1330. The first-order valence-corrected chi connectivity index (χ1v) is 13.4. The molecule has 33 heavy (non-hydrogen) atoms. The maximum absolute atomic E-state index is 12.5. The van der Waals surface area contributed by atoms with E-state index >= 15 is 0 Å². The van der Waals surface area contributed by atoms with Crippen LogP contribution in [0.1, 0.15) is 22.7 Å². The molecule has 1 saturated heterocycles. The lowest BCUT2D eigenvalue weighted by Gasteiger charge is -2.12. The average molecular weight is 491 g/mol. The molecule has 1 aliphatic heterocycles. The highest BCUT2D eigenvalue weighted by atomic mass is 32.2. The van der Waals surface area contributed by atoms with E-state index in [1.807, 2.05) is 30.3 Å². The smallest absolute Gasteiger partial charge is 0.291 e. The van der Waals surface area contributed by atoms with E-state index in [2.05, 4.69) is 10.0 Å². The third-order valence-electron chi connectivity index (χ3n) is 4.99. The van der Waals surface area contributed by atoms with Gasteiger partial charge < -0.3 is 14.5 Å². The van der Waals surface area contributed by atoms with Gasteiger partial charge in [-0.15, -0.1) is 0 Å². The zero-order valence-electron chi connectivity index (χ0n) is 17.4. The summed E-state index contributed by atoms with van der Waals surface area (Å²) >= 11 is 0. The van der Waals surface area contributed by atoms with Gasteiger partial charge in [-0.25, -0.2) is 21.6 Å². The van der Waals surface area contributed by atoms with Crippen LogP contribution in [0.3, 0.4) is 0 Å². The van der Waals surface area contributed by atoms with E-state index in [0.717, 1.165) is 0 Å². The molecule has 0 radical (unpaired) electrons. The molecule has 1 atom stereocenters. The number of amides is 1. The van der Waals surface area contributed by atoms with E-state index in [-0.39, 0.29) is 35.2 Å². The lowest BCUT2D eigenvalue weighted by molar-refractivity contribution is 0.0992. The number of nitrogens with one attached hydrogen (secondary N) is 2. The minimum atomic E-state index is -3.88. The van der Waals surface area contributed by atoms with E-state index < -0.39 is 31.8 Å². The number of carbonyl (C=O) groups is 1. The van der Waals surface area contributed by atoms with E-state index in [1.165, 1.54) is 30.3 Å². The van der Waals surface area contributed by atoms with Crippen molar-refractivity contribution in [3.63, 3.8) is 0 Å². The highest BCUT2D eigenvalue weighted by molar-refractivity contribution is 7.92. The van der Waals surface area contributed by atoms with Crippen molar-refractivity contribution in [2.24, 2.45) is 0 Å². The second-order valence-corrected chi connectivity index (χ2v) is 11.5. The van der Waals surface area contributed by atoms with Crippen LogP contribution in [0.25, 0.3) is 0 Å². The molecule has 0 saturated carbocycles. The van der Waals surface area contributed by atoms with Crippen molar-refractivity contribution >= 4 is 31.5 Å². The largest absolute Gasteiger partial charge is 0.486 e. The molecule has 0 aliphatic carbocycles. The molecule has 1 amide bonds. The fourth-order valence-electron chi connectivity index (χ4n) is 3.33. The summed E-state index contributed by atoms with van der Waals surface area (Å²) in [6.45, 7) is 0.166. The lowest BCUT2D eigenvalue weighted by atomic mass is 10.3. The number of benzene rings is 2. The fraction of sp³-hybridized carbons (Fsp3) is 0.227. The minimum absolute atomic E-state index is 0.0249. The number of para-hydroxylation sites is 1. The number of hydrogen-bond donors (Lipinski definition) is 2. The molecule has 2 N–H and O–H groups in total. The summed E-state index contributed by atoms with van der Waals surface area (Å²) in [4.78, 5) is 12.4. The van der Waals surface area contributed by atoms with Gasteiger partial charge in [0.25, 0.3) is 5.91 Å². The molecule has 174 valence electrons. The maximum atomic E-state index is 12.5. The number of rotatable bonds is 8. The predicted molar refractivity (Wildman–Crippen MR) is 121 cm³/mol. The van der Waals surface area contributed by atoms with Gasteiger partial charge in [0.2, 0.25) is 10.0 Å². The number of furan rings is 1. The molecule has 1 unspecified atom stereocenters. The molecule has 9 nitrogen and oxygen atoms in total. The van der Waals surface area contributed by atoms with Gasteiger partial charge in [-0.3, -0.25) is 4.79 Å². The molecular weight excluding hydrogens is 468 g/mol. The normalized spacial score (nSPS) is 17.5. The Morgan fingerprint density at radius 3 is 2.42 bits per heavy atom.